The Morgan fingerprint density at radius 3 is 1.53 bits per heavy atom. The molecule has 2 aromatic heterocycles. The number of aromatic amines is 2. The molecule has 0 aliphatic heterocycles. The van der Waals surface area contributed by atoms with Gasteiger partial charge >= 0.3 is 5.97 Å². The Balaban J connectivity index is 1.39. The Kier molecular flexibility index (Phi) is 21.7. The summed E-state index contributed by atoms with van der Waals surface area (Å²) in [5.74, 6) is -8.33. The minimum absolute atomic E-state index is 0.00262. The van der Waals surface area contributed by atoms with E-state index < -0.39 is 116 Å². The molecular formula is C46H64N12O12. The number of H-pyrrole nitrogens is 2. The molecule has 70 heavy (non-hydrogen) atoms. The smallest absolute Gasteiger partial charge is 0.326 e. The second-order valence-electron chi connectivity index (χ2n) is 16.9. The minimum Gasteiger partial charge on any atom is -0.480 e. The van der Waals surface area contributed by atoms with Crippen molar-refractivity contribution in [2.45, 2.75) is 88.6 Å². The van der Waals surface area contributed by atoms with Gasteiger partial charge in [0.25, 0.3) is 0 Å². The standard InChI is InChI=1S/C46H64N12O12/c1-25(2)15-33(56-43(66)34(53-39(62)21-51-38(61)18-48)16-26-19-49-30-11-5-3-9-28(26)30)42(65)58-37(24-60)45(68)55-32(13-7-8-14-47)41(64)52-22-40(63)54-36(23-59)44(67)57-35(46(69)70)17-27-20-50-31-12-6-4-10-29(27)31/h3-6,9-12,19-20,25,32-37,49-50,59-60H,7-8,13-18,21-24,47-48H2,1-2H3,(H,51,61)(H,52,64)(H,53,62)(H,54,63)(H,55,68)(H,56,66)(H,57,67)(H,58,65)(H,69,70)/t32-,33-,34-,35-,36-,37-/m0/s1. The van der Waals surface area contributed by atoms with Gasteiger partial charge in [-0.1, -0.05) is 50.2 Å². The number of carboxylic acids is 1. The summed E-state index contributed by atoms with van der Waals surface area (Å²) in [5.41, 5.74) is 13.8. The van der Waals surface area contributed by atoms with E-state index in [0.29, 0.717) is 24.0 Å². The van der Waals surface area contributed by atoms with Crippen molar-refractivity contribution in [1.82, 2.24) is 52.5 Å². The summed E-state index contributed by atoms with van der Waals surface area (Å²) < 4.78 is 0. The first-order valence-corrected chi connectivity index (χ1v) is 22.8. The largest absolute Gasteiger partial charge is 0.480 e. The van der Waals surface area contributed by atoms with E-state index in [1.807, 2.05) is 18.2 Å². The number of unbranched alkanes of at least 4 members (excludes halogenated alkanes) is 1. The lowest BCUT2D eigenvalue weighted by Gasteiger charge is -2.27. The number of benzene rings is 2. The average molecular weight is 977 g/mol. The molecule has 0 fully saturated rings. The molecule has 0 saturated heterocycles. The van der Waals surface area contributed by atoms with E-state index in [9.17, 15) is 58.5 Å². The SMILES string of the molecule is CC(C)C[C@H](NC(=O)[C@H](Cc1c[nH]c2ccccc12)NC(=O)CNC(=O)CN)C(=O)N[C@@H](CO)C(=O)N[C@@H](CCCCN)C(=O)NCC(=O)N[C@@H](CO)C(=O)N[C@@H](Cc1c[nH]c2ccccc12)C(=O)O. The fourth-order valence-electron chi connectivity index (χ4n) is 7.42. The highest BCUT2D eigenvalue weighted by molar-refractivity contribution is 5.97. The lowest BCUT2D eigenvalue weighted by molar-refractivity contribution is -0.142. The number of hydrogen-bond donors (Lipinski definition) is 15. The third kappa shape index (κ3) is 16.7. The maximum atomic E-state index is 14.0. The van der Waals surface area contributed by atoms with E-state index in [-0.39, 0.29) is 44.7 Å². The van der Waals surface area contributed by atoms with Crippen molar-refractivity contribution in [3.8, 4) is 0 Å². The van der Waals surface area contributed by atoms with Crippen LogP contribution in [0.25, 0.3) is 21.8 Å². The van der Waals surface area contributed by atoms with Crippen LogP contribution in [0.1, 0.15) is 50.7 Å². The third-order valence-electron chi connectivity index (χ3n) is 11.1. The molecule has 2 aromatic carbocycles. The molecule has 0 unspecified atom stereocenters. The summed E-state index contributed by atoms with van der Waals surface area (Å²) in [6.45, 7) is 0.346. The summed E-state index contributed by atoms with van der Waals surface area (Å²) >= 11 is 0. The molecule has 4 aromatic rings. The second-order valence-corrected chi connectivity index (χ2v) is 16.9. The summed E-state index contributed by atoms with van der Waals surface area (Å²) in [7, 11) is 0. The molecule has 24 nitrogen and oxygen atoms in total. The number of fused-ring (bicyclic) bond motifs is 2. The Bertz CT molecular complexity index is 2460. The second kappa shape index (κ2) is 27.6. The van der Waals surface area contributed by atoms with Crippen molar-refractivity contribution in [2.75, 3.05) is 39.4 Å². The Morgan fingerprint density at radius 2 is 1.00 bits per heavy atom. The molecular weight excluding hydrogens is 913 g/mol. The molecule has 0 spiro atoms. The molecule has 0 bridgehead atoms. The molecule has 0 aliphatic rings. The number of aromatic nitrogens is 2. The number of carbonyl (C=O) groups is 9. The maximum absolute atomic E-state index is 14.0. The van der Waals surface area contributed by atoms with Crippen LogP contribution in [0.15, 0.2) is 60.9 Å². The molecule has 24 heteroatoms. The van der Waals surface area contributed by atoms with Gasteiger partial charge in [0.15, 0.2) is 0 Å². The number of aliphatic hydroxyl groups excluding tert-OH is 2. The van der Waals surface area contributed by atoms with Gasteiger partial charge in [-0.3, -0.25) is 38.4 Å². The van der Waals surface area contributed by atoms with Gasteiger partial charge < -0.3 is 79.3 Å². The molecule has 8 amide bonds. The van der Waals surface area contributed by atoms with E-state index >= 15 is 0 Å². The number of aliphatic hydroxyl groups is 2. The Labute approximate surface area is 402 Å². The van der Waals surface area contributed by atoms with Gasteiger partial charge in [0, 0.05) is 47.0 Å². The summed E-state index contributed by atoms with van der Waals surface area (Å²) in [4.78, 5) is 124. The van der Waals surface area contributed by atoms with Gasteiger partial charge in [-0.25, -0.2) is 4.79 Å². The number of rotatable bonds is 29. The monoisotopic (exact) mass is 976 g/mol. The van der Waals surface area contributed by atoms with E-state index in [1.165, 1.54) is 0 Å². The van der Waals surface area contributed by atoms with Crippen molar-refractivity contribution in [3.05, 3.63) is 72.1 Å². The van der Waals surface area contributed by atoms with E-state index in [2.05, 4.69) is 52.5 Å². The van der Waals surface area contributed by atoms with Gasteiger partial charge in [-0.2, -0.15) is 0 Å². The zero-order valence-corrected chi connectivity index (χ0v) is 39.0. The Hall–Kier alpha value is -7.41. The topological polar surface area (TPSA) is 394 Å². The number of nitrogens with one attached hydrogen (secondary N) is 10. The van der Waals surface area contributed by atoms with Crippen LogP contribution < -0.4 is 54.0 Å². The molecule has 17 N–H and O–H groups in total. The molecule has 0 radical (unpaired) electrons. The van der Waals surface area contributed by atoms with Crippen molar-refractivity contribution in [3.63, 3.8) is 0 Å². The van der Waals surface area contributed by atoms with Gasteiger partial charge in [-0.15, -0.1) is 0 Å². The van der Waals surface area contributed by atoms with E-state index in [0.717, 1.165) is 21.8 Å². The summed E-state index contributed by atoms with van der Waals surface area (Å²) in [5, 5.41) is 51.0. The van der Waals surface area contributed by atoms with Gasteiger partial charge in [0.05, 0.1) is 32.8 Å². The van der Waals surface area contributed by atoms with E-state index in [4.69, 9.17) is 11.5 Å². The van der Waals surface area contributed by atoms with Gasteiger partial charge in [0.1, 0.15) is 36.3 Å². The first-order chi connectivity index (χ1) is 33.5. The quantitative estimate of drug-likeness (QED) is 0.0238. The van der Waals surface area contributed by atoms with Crippen LogP contribution >= 0.6 is 0 Å². The Morgan fingerprint density at radius 1 is 0.543 bits per heavy atom. The van der Waals surface area contributed by atoms with Crippen molar-refractivity contribution < 1.29 is 58.5 Å². The number of hydrogen-bond acceptors (Lipinski definition) is 13. The van der Waals surface area contributed by atoms with Gasteiger partial charge in [0.2, 0.25) is 47.3 Å². The number of amides is 8. The van der Waals surface area contributed by atoms with Crippen LogP contribution in [0.2, 0.25) is 0 Å². The fourth-order valence-corrected chi connectivity index (χ4v) is 7.42. The zero-order chi connectivity index (χ0) is 51.3. The van der Waals surface area contributed by atoms with E-state index in [1.54, 1.807) is 56.6 Å². The third-order valence-corrected chi connectivity index (χ3v) is 11.1. The fraction of sp³-hybridized carbons (Fsp3) is 0.457. The zero-order valence-electron chi connectivity index (χ0n) is 39.0. The van der Waals surface area contributed by atoms with Crippen LogP contribution in [0, 0.1) is 5.92 Å². The lowest BCUT2D eigenvalue weighted by Crippen LogP contribution is -2.60. The average Bonchev–Trinajstić information content (AvgIpc) is 3.95. The van der Waals surface area contributed by atoms with Crippen LogP contribution in [0.5, 0.6) is 0 Å². The maximum Gasteiger partial charge on any atom is 0.326 e. The van der Waals surface area contributed by atoms with Crippen LogP contribution in [-0.4, -0.2) is 154 Å². The molecule has 2 heterocycles. The highest BCUT2D eigenvalue weighted by atomic mass is 16.4. The highest BCUT2D eigenvalue weighted by Gasteiger charge is 2.33. The number of carboxylic acid groups (broad SMARTS) is 1. The molecule has 0 saturated carbocycles. The summed E-state index contributed by atoms with van der Waals surface area (Å²) in [6, 6.07) is 5.87. The predicted molar refractivity (Wildman–Crippen MR) is 255 cm³/mol. The van der Waals surface area contributed by atoms with Crippen molar-refractivity contribution in [1.29, 1.82) is 0 Å². The first-order valence-electron chi connectivity index (χ1n) is 22.8. The lowest BCUT2D eigenvalue weighted by atomic mass is 10.0. The van der Waals surface area contributed by atoms with Crippen LogP contribution in [-0.2, 0) is 56.0 Å². The molecule has 6 atom stereocenters. The normalized spacial score (nSPS) is 13.8. The van der Waals surface area contributed by atoms with Crippen molar-refractivity contribution >= 4 is 75.0 Å². The number of carbonyl (C=O) groups excluding carboxylic acids is 8. The molecule has 0 aliphatic carbocycles. The van der Waals surface area contributed by atoms with Gasteiger partial charge in [-0.05, 0) is 61.4 Å². The van der Waals surface area contributed by atoms with Crippen LogP contribution in [0.4, 0.5) is 0 Å². The highest BCUT2D eigenvalue weighted by Crippen LogP contribution is 2.21. The number of para-hydroxylation sites is 2. The number of aliphatic carboxylic acids is 1. The first kappa shape index (κ1) is 55.2. The molecule has 380 valence electrons. The molecule has 4 rings (SSSR count). The van der Waals surface area contributed by atoms with Crippen molar-refractivity contribution in [2.24, 2.45) is 17.4 Å². The minimum atomic E-state index is -1.64. The predicted octanol–water partition coefficient (Wildman–Crippen LogP) is -3.22. The number of nitrogens with two attached hydrogens (primary N) is 2. The summed E-state index contributed by atoms with van der Waals surface area (Å²) in [6.07, 6.45) is 3.96. The van der Waals surface area contributed by atoms with Crippen LogP contribution in [0.3, 0.4) is 0 Å².